The molecular formula is C11H10O4S. The van der Waals surface area contributed by atoms with Gasteiger partial charge in [-0.05, 0) is 30.3 Å². The molecule has 0 aliphatic heterocycles. The number of hydrogen-bond donors (Lipinski definition) is 1. The molecule has 0 fully saturated rings. The van der Waals surface area contributed by atoms with Gasteiger partial charge in [0, 0.05) is 6.26 Å². The Morgan fingerprint density at radius 1 is 1.25 bits per heavy atom. The van der Waals surface area contributed by atoms with E-state index in [1.807, 2.05) is 0 Å². The molecule has 1 aromatic heterocycles. The number of aromatic hydroxyl groups is 1. The van der Waals surface area contributed by atoms with Crippen molar-refractivity contribution in [1.82, 2.24) is 0 Å². The van der Waals surface area contributed by atoms with Gasteiger partial charge in [0.2, 0.25) is 0 Å². The predicted octanol–water partition coefficient (Wildman–Crippen LogP) is 2.06. The zero-order chi connectivity index (χ0) is 11.8. The van der Waals surface area contributed by atoms with Gasteiger partial charge in [0.15, 0.2) is 9.84 Å². The molecule has 0 amide bonds. The molecule has 1 N–H and O–H groups in total. The van der Waals surface area contributed by atoms with Crippen LogP contribution in [0.25, 0.3) is 11.3 Å². The third-order valence-corrected chi connectivity index (χ3v) is 3.29. The maximum Gasteiger partial charge on any atom is 0.175 e. The lowest BCUT2D eigenvalue weighted by molar-refractivity contribution is 0.473. The summed E-state index contributed by atoms with van der Waals surface area (Å²) >= 11 is 0. The van der Waals surface area contributed by atoms with Crippen LogP contribution in [0.5, 0.6) is 5.75 Å². The number of benzene rings is 1. The number of furan rings is 1. The fourth-order valence-corrected chi connectivity index (χ4v) is 2.02. The Labute approximate surface area is 93.1 Å². The lowest BCUT2D eigenvalue weighted by Crippen LogP contribution is -1.96. The molecule has 1 heterocycles. The summed E-state index contributed by atoms with van der Waals surface area (Å²) < 4.78 is 27.8. The number of phenolic OH excluding ortho intramolecular Hbond substituents is 1. The summed E-state index contributed by atoms with van der Waals surface area (Å²) in [5, 5.41) is 9.62. The molecule has 0 aliphatic rings. The van der Waals surface area contributed by atoms with E-state index in [0.29, 0.717) is 11.3 Å². The van der Waals surface area contributed by atoms with Crippen LogP contribution in [-0.4, -0.2) is 19.8 Å². The first-order valence-corrected chi connectivity index (χ1v) is 6.44. The van der Waals surface area contributed by atoms with Crippen molar-refractivity contribution in [2.24, 2.45) is 0 Å². The second kappa shape index (κ2) is 3.68. The van der Waals surface area contributed by atoms with Crippen LogP contribution in [0.15, 0.2) is 45.9 Å². The Morgan fingerprint density at radius 3 is 2.56 bits per heavy atom. The van der Waals surface area contributed by atoms with Gasteiger partial charge >= 0.3 is 0 Å². The van der Waals surface area contributed by atoms with Crippen molar-refractivity contribution in [2.45, 2.75) is 4.90 Å². The minimum Gasteiger partial charge on any atom is -0.507 e. The number of phenols is 1. The van der Waals surface area contributed by atoms with Gasteiger partial charge in [0.25, 0.3) is 0 Å². The summed E-state index contributed by atoms with van der Waals surface area (Å²) in [6, 6.07) is 7.41. The van der Waals surface area contributed by atoms with Crippen molar-refractivity contribution in [3.8, 4) is 17.1 Å². The largest absolute Gasteiger partial charge is 0.507 e. The summed E-state index contributed by atoms with van der Waals surface area (Å²) in [5.74, 6) is 0.422. The summed E-state index contributed by atoms with van der Waals surface area (Å²) in [5.41, 5.74) is 0.368. The minimum atomic E-state index is -3.29. The number of sulfone groups is 1. The highest BCUT2D eigenvalue weighted by Gasteiger charge is 2.13. The lowest BCUT2D eigenvalue weighted by Gasteiger charge is -2.04. The van der Waals surface area contributed by atoms with Crippen molar-refractivity contribution >= 4 is 9.84 Å². The van der Waals surface area contributed by atoms with Gasteiger partial charge < -0.3 is 9.52 Å². The van der Waals surface area contributed by atoms with E-state index < -0.39 is 9.84 Å². The zero-order valence-corrected chi connectivity index (χ0v) is 9.36. The average molecular weight is 238 g/mol. The fourth-order valence-electron chi connectivity index (χ4n) is 1.37. The van der Waals surface area contributed by atoms with E-state index in [1.54, 1.807) is 12.1 Å². The molecule has 4 nitrogen and oxygen atoms in total. The summed E-state index contributed by atoms with van der Waals surface area (Å²) in [6.45, 7) is 0. The fraction of sp³-hybridized carbons (Fsp3) is 0.0909. The lowest BCUT2D eigenvalue weighted by atomic mass is 10.1. The van der Waals surface area contributed by atoms with Gasteiger partial charge in [0.1, 0.15) is 11.5 Å². The monoisotopic (exact) mass is 238 g/mol. The predicted molar refractivity (Wildman–Crippen MR) is 58.9 cm³/mol. The average Bonchev–Trinajstić information content (AvgIpc) is 2.69. The normalized spacial score (nSPS) is 11.6. The van der Waals surface area contributed by atoms with Crippen molar-refractivity contribution < 1.29 is 17.9 Å². The Balaban J connectivity index is 2.63. The van der Waals surface area contributed by atoms with Gasteiger partial charge in [-0.25, -0.2) is 8.42 Å². The van der Waals surface area contributed by atoms with Crippen LogP contribution in [0.2, 0.25) is 0 Å². The summed E-state index contributed by atoms with van der Waals surface area (Å²) in [6.07, 6.45) is 2.58. The molecule has 0 bridgehead atoms. The minimum absolute atomic E-state index is 0.0117. The third kappa shape index (κ3) is 1.94. The zero-order valence-electron chi connectivity index (χ0n) is 8.54. The van der Waals surface area contributed by atoms with Crippen LogP contribution in [0, 0.1) is 0 Å². The summed E-state index contributed by atoms with van der Waals surface area (Å²) in [4.78, 5) is 0.150. The van der Waals surface area contributed by atoms with Gasteiger partial charge in [-0.15, -0.1) is 0 Å². The maximum atomic E-state index is 11.4. The van der Waals surface area contributed by atoms with Crippen LogP contribution in [0.4, 0.5) is 0 Å². The molecule has 0 radical (unpaired) electrons. The molecule has 0 aliphatic carbocycles. The van der Waals surface area contributed by atoms with Crippen LogP contribution in [0.3, 0.4) is 0 Å². The second-order valence-corrected chi connectivity index (χ2v) is 5.44. The highest BCUT2D eigenvalue weighted by Crippen LogP contribution is 2.31. The van der Waals surface area contributed by atoms with Gasteiger partial charge in [0.05, 0.1) is 16.7 Å². The van der Waals surface area contributed by atoms with E-state index in [9.17, 15) is 13.5 Å². The number of hydrogen-bond acceptors (Lipinski definition) is 4. The van der Waals surface area contributed by atoms with Crippen LogP contribution in [-0.2, 0) is 9.84 Å². The highest BCUT2D eigenvalue weighted by molar-refractivity contribution is 7.90. The van der Waals surface area contributed by atoms with E-state index in [1.165, 1.54) is 24.5 Å². The van der Waals surface area contributed by atoms with Gasteiger partial charge in [-0.3, -0.25) is 0 Å². The molecule has 5 heteroatoms. The van der Waals surface area contributed by atoms with Crippen molar-refractivity contribution in [3.63, 3.8) is 0 Å². The first kappa shape index (κ1) is 10.8. The van der Waals surface area contributed by atoms with Crippen molar-refractivity contribution in [3.05, 3.63) is 36.6 Å². The smallest absolute Gasteiger partial charge is 0.175 e. The topological polar surface area (TPSA) is 67.5 Å². The Kier molecular flexibility index (Phi) is 2.47. The molecule has 0 spiro atoms. The van der Waals surface area contributed by atoms with E-state index in [0.717, 1.165) is 6.26 Å². The van der Waals surface area contributed by atoms with Crippen molar-refractivity contribution in [2.75, 3.05) is 6.26 Å². The van der Waals surface area contributed by atoms with E-state index in [4.69, 9.17) is 4.42 Å². The molecule has 0 unspecified atom stereocenters. The second-order valence-electron chi connectivity index (χ2n) is 3.43. The third-order valence-electron chi connectivity index (χ3n) is 2.18. The Bertz CT molecular complexity index is 597. The van der Waals surface area contributed by atoms with Crippen LogP contribution in [0.1, 0.15) is 0 Å². The Morgan fingerprint density at radius 2 is 2.00 bits per heavy atom. The van der Waals surface area contributed by atoms with Gasteiger partial charge in [-0.2, -0.15) is 0 Å². The molecule has 0 saturated carbocycles. The van der Waals surface area contributed by atoms with E-state index in [-0.39, 0.29) is 10.6 Å². The highest BCUT2D eigenvalue weighted by atomic mass is 32.2. The number of rotatable bonds is 2. The van der Waals surface area contributed by atoms with Crippen LogP contribution >= 0.6 is 0 Å². The summed E-state index contributed by atoms with van der Waals surface area (Å²) in [7, 11) is -3.29. The van der Waals surface area contributed by atoms with Crippen LogP contribution < -0.4 is 0 Å². The first-order valence-electron chi connectivity index (χ1n) is 4.55. The maximum absolute atomic E-state index is 11.4. The quantitative estimate of drug-likeness (QED) is 0.869. The molecule has 0 atom stereocenters. The van der Waals surface area contributed by atoms with E-state index >= 15 is 0 Å². The molecule has 2 rings (SSSR count). The molecule has 2 aromatic rings. The molecule has 84 valence electrons. The van der Waals surface area contributed by atoms with Crippen molar-refractivity contribution in [1.29, 1.82) is 0 Å². The van der Waals surface area contributed by atoms with E-state index in [2.05, 4.69) is 0 Å². The molecule has 16 heavy (non-hydrogen) atoms. The van der Waals surface area contributed by atoms with Gasteiger partial charge in [-0.1, -0.05) is 0 Å². The Hall–Kier alpha value is -1.75. The molecular weight excluding hydrogens is 228 g/mol. The standard InChI is InChI=1S/C11H10O4S/c1-16(13,14)8-4-5-10(12)9(7-8)11-3-2-6-15-11/h2-7,12H,1H3. The molecule has 1 aromatic carbocycles. The molecule has 0 saturated heterocycles. The SMILES string of the molecule is CS(=O)(=O)c1ccc(O)c(-c2ccco2)c1. The first-order chi connectivity index (χ1) is 7.48.